The molecule has 0 spiro atoms. The number of hydrogen-bond donors (Lipinski definition) is 0. The zero-order valence-electron chi connectivity index (χ0n) is 23.3. The van der Waals surface area contributed by atoms with Crippen LogP contribution in [0.5, 0.6) is 0 Å². The summed E-state index contributed by atoms with van der Waals surface area (Å²) in [6.07, 6.45) is 23.4. The Hall–Kier alpha value is 1.51. The molecule has 0 saturated carbocycles. The molecule has 8 nitrogen and oxygen atoms in total. The minimum Gasteiger partial charge on any atom is -0.726 e. The monoisotopic (exact) mass is 577 g/mol. The third kappa shape index (κ3) is 48.6. The van der Waals surface area contributed by atoms with Crippen molar-refractivity contribution >= 4 is 43.9 Å². The topological polar surface area (TPSA) is 133 Å². The molecule has 0 rings (SSSR count). The summed E-state index contributed by atoms with van der Waals surface area (Å²) in [4.78, 5) is 0. The summed E-state index contributed by atoms with van der Waals surface area (Å²) in [5.41, 5.74) is 0. The van der Waals surface area contributed by atoms with Crippen molar-refractivity contribution in [3.8, 4) is 0 Å². The van der Waals surface area contributed by atoms with Crippen molar-refractivity contribution in [1.29, 1.82) is 0 Å². The Balaban J connectivity index is -0.000000269. The van der Waals surface area contributed by atoms with Crippen LogP contribution >= 0.6 is 0 Å². The van der Waals surface area contributed by atoms with Gasteiger partial charge in [0.2, 0.25) is 20.8 Å². The third-order valence-electron chi connectivity index (χ3n) is 5.45. The van der Waals surface area contributed by atoms with E-state index in [2.05, 4.69) is 22.2 Å². The van der Waals surface area contributed by atoms with E-state index < -0.39 is 20.8 Å². The van der Waals surface area contributed by atoms with Crippen molar-refractivity contribution in [3.63, 3.8) is 0 Å². The van der Waals surface area contributed by atoms with E-state index in [-0.39, 0.29) is 65.8 Å². The van der Waals surface area contributed by atoms with Gasteiger partial charge in [0, 0.05) is 0 Å². The number of rotatable bonds is 24. The van der Waals surface area contributed by atoms with Gasteiger partial charge in [0.25, 0.3) is 0 Å². The molecule has 0 N–H and O–H groups in total. The Morgan fingerprint density at radius 1 is 0.444 bits per heavy atom. The van der Waals surface area contributed by atoms with E-state index in [4.69, 9.17) is 0 Å². The van der Waals surface area contributed by atoms with Gasteiger partial charge in [0.1, 0.15) is 0 Å². The van der Waals surface area contributed by atoms with E-state index in [9.17, 15) is 25.9 Å². The second-order valence-electron chi connectivity index (χ2n) is 8.82. The first-order chi connectivity index (χ1) is 16.1. The molecule has 0 fully saturated rings. The summed E-state index contributed by atoms with van der Waals surface area (Å²) in [7, 11) is -8.97. The summed E-state index contributed by atoms with van der Waals surface area (Å²) in [6.45, 7) is 4.49. The third-order valence-corrected chi connectivity index (χ3v) is 6.36. The summed E-state index contributed by atoms with van der Waals surface area (Å²) in [6, 6.07) is 0. The van der Waals surface area contributed by atoms with E-state index in [1.165, 1.54) is 89.9 Å². The van der Waals surface area contributed by atoms with Gasteiger partial charge in [-0.3, -0.25) is 8.37 Å². The van der Waals surface area contributed by atoms with Crippen LogP contribution in [0.2, 0.25) is 0 Å². The zero-order chi connectivity index (χ0) is 26.0. The maximum absolute atomic E-state index is 10.1. The Labute approximate surface area is 261 Å². The molecule has 0 aromatic carbocycles. The molecule has 0 bridgehead atoms. The average molecular weight is 578 g/mol. The molecule has 0 heterocycles. The smallest absolute Gasteiger partial charge is 0.726 e. The van der Waals surface area contributed by atoms with Crippen LogP contribution in [0.4, 0.5) is 0 Å². The predicted octanol–water partition coefficient (Wildman–Crippen LogP) is 3.39. The van der Waals surface area contributed by atoms with Crippen LogP contribution in [0.15, 0.2) is 0 Å². The van der Waals surface area contributed by atoms with E-state index >= 15 is 0 Å². The first kappa shape index (κ1) is 44.5. The minimum atomic E-state index is -4.48. The van der Waals surface area contributed by atoms with Crippen LogP contribution in [0.3, 0.4) is 0 Å². The average Bonchev–Trinajstić information content (AvgIpc) is 2.75. The quantitative estimate of drug-likeness (QED) is 0.0738. The maximum Gasteiger partial charge on any atom is 2.00 e. The first-order valence-corrected chi connectivity index (χ1v) is 16.0. The number of hydrogen-bond acceptors (Lipinski definition) is 8. The molecule has 0 aliphatic carbocycles. The Morgan fingerprint density at radius 2 is 0.639 bits per heavy atom. The molecular weight excluding hydrogens is 528 g/mol. The van der Waals surface area contributed by atoms with Gasteiger partial charge in [-0.15, -0.1) is 0 Å². The summed E-state index contributed by atoms with van der Waals surface area (Å²) in [5, 5.41) is 0. The standard InChI is InChI=1S/2C12H26O4S.Mg.Na/c2*1-2-3-4-5-6-7-8-9-10-11-12-16-17(13,14)15;;/h2*2-12H2,1H3,(H,13,14,15);;/q;;+2;+1/p-2. The van der Waals surface area contributed by atoms with Crippen molar-refractivity contribution < 1.29 is 63.9 Å². The van der Waals surface area contributed by atoms with Crippen LogP contribution < -0.4 is 29.6 Å². The molecule has 0 amide bonds. The van der Waals surface area contributed by atoms with Crippen LogP contribution in [-0.2, 0) is 29.2 Å². The largest absolute Gasteiger partial charge is 2.00 e. The Bertz CT molecular complexity index is 566. The van der Waals surface area contributed by atoms with Crippen molar-refractivity contribution in [1.82, 2.24) is 0 Å². The van der Waals surface area contributed by atoms with Gasteiger partial charge in [-0.05, 0) is 12.8 Å². The van der Waals surface area contributed by atoms with Gasteiger partial charge in [-0.2, -0.15) is 0 Å². The van der Waals surface area contributed by atoms with Crippen LogP contribution in [0.25, 0.3) is 0 Å². The van der Waals surface area contributed by atoms with Gasteiger partial charge >= 0.3 is 52.6 Å². The molecule has 208 valence electrons. The normalized spacial score (nSPS) is 11.2. The van der Waals surface area contributed by atoms with Gasteiger partial charge < -0.3 is 9.11 Å². The predicted molar refractivity (Wildman–Crippen MR) is 141 cm³/mol. The van der Waals surface area contributed by atoms with E-state index in [1.807, 2.05) is 0 Å². The maximum atomic E-state index is 10.1. The van der Waals surface area contributed by atoms with Crippen LogP contribution in [-0.4, -0.2) is 62.2 Å². The summed E-state index contributed by atoms with van der Waals surface area (Å²) in [5.74, 6) is 0. The molecular formula is C24H50MgNaO8S2+. The van der Waals surface area contributed by atoms with Crippen molar-refractivity contribution in [3.05, 3.63) is 0 Å². The number of unbranched alkanes of at least 4 members (excludes halogenated alkanes) is 18. The van der Waals surface area contributed by atoms with Crippen molar-refractivity contribution in [2.75, 3.05) is 13.2 Å². The molecule has 0 saturated heterocycles. The van der Waals surface area contributed by atoms with Gasteiger partial charge in [0.05, 0.1) is 13.2 Å². The fraction of sp³-hybridized carbons (Fsp3) is 1.00. The first-order valence-electron chi connectivity index (χ1n) is 13.3. The van der Waals surface area contributed by atoms with Gasteiger partial charge in [0.15, 0.2) is 0 Å². The molecule has 0 atom stereocenters. The SMILES string of the molecule is CCCCCCCCCCCCOS(=O)(=O)[O-].CCCCCCCCCCCCOS(=O)(=O)[O-].[Mg+2].[Na+]. The molecule has 36 heavy (non-hydrogen) atoms. The van der Waals surface area contributed by atoms with Crippen LogP contribution in [0, 0.1) is 0 Å². The van der Waals surface area contributed by atoms with Crippen molar-refractivity contribution in [2.45, 2.75) is 142 Å². The van der Waals surface area contributed by atoms with Crippen molar-refractivity contribution in [2.24, 2.45) is 0 Å². The molecule has 0 aromatic heterocycles. The summed E-state index contributed by atoms with van der Waals surface area (Å²) >= 11 is 0. The van der Waals surface area contributed by atoms with Crippen LogP contribution in [0.1, 0.15) is 142 Å². The second-order valence-corrected chi connectivity index (χ2v) is 10.9. The van der Waals surface area contributed by atoms with Gasteiger partial charge in [-0.25, -0.2) is 16.8 Å². The molecule has 12 heteroatoms. The summed E-state index contributed by atoms with van der Waals surface area (Å²) < 4.78 is 68.9. The Morgan fingerprint density at radius 3 is 0.833 bits per heavy atom. The second kappa shape index (κ2) is 32.7. The molecule has 0 unspecified atom stereocenters. The van der Waals surface area contributed by atoms with E-state index in [1.54, 1.807) is 0 Å². The fourth-order valence-corrected chi connectivity index (χ4v) is 4.14. The van der Waals surface area contributed by atoms with Gasteiger partial charge in [-0.1, -0.05) is 129 Å². The molecule has 0 radical (unpaired) electrons. The molecule has 0 aliphatic rings. The van der Waals surface area contributed by atoms with E-state index in [0.29, 0.717) is 12.8 Å². The Kier molecular flexibility index (Phi) is 40.5. The minimum absolute atomic E-state index is 0. The zero-order valence-corrected chi connectivity index (χ0v) is 28.4. The van der Waals surface area contributed by atoms with E-state index in [0.717, 1.165) is 25.7 Å². The fourth-order valence-electron chi connectivity index (χ4n) is 3.50. The molecule has 0 aliphatic heterocycles. The molecule has 0 aromatic rings.